The maximum atomic E-state index is 9.52. The molecule has 0 aliphatic heterocycles. The normalized spacial score (nSPS) is 58.5. The first-order chi connectivity index (χ1) is 4.68. The lowest BCUT2D eigenvalue weighted by molar-refractivity contribution is -0.0874. The minimum absolute atomic E-state index is 0.218. The van der Waals surface area contributed by atoms with Crippen LogP contribution in [0, 0.1) is 11.8 Å². The molecule has 2 saturated carbocycles. The van der Waals surface area contributed by atoms with Gasteiger partial charge in [0.25, 0.3) is 0 Å². The van der Waals surface area contributed by atoms with Crippen LogP contribution in [0.1, 0.15) is 19.8 Å². The fourth-order valence-corrected chi connectivity index (χ4v) is 2.27. The van der Waals surface area contributed by atoms with Gasteiger partial charge >= 0.3 is 0 Å². The van der Waals surface area contributed by atoms with Crippen LogP contribution < -0.4 is 0 Å². The molecule has 2 rings (SSSR count). The molecule has 58 valence electrons. The zero-order valence-electron chi connectivity index (χ0n) is 6.50. The summed E-state index contributed by atoms with van der Waals surface area (Å²) >= 11 is 0. The van der Waals surface area contributed by atoms with Gasteiger partial charge in [0.15, 0.2) is 0 Å². The molecule has 0 amide bonds. The van der Waals surface area contributed by atoms with Crippen molar-refractivity contribution in [2.45, 2.75) is 31.5 Å². The highest BCUT2D eigenvalue weighted by Crippen LogP contribution is 2.58. The molecule has 2 aliphatic rings. The summed E-state index contributed by atoms with van der Waals surface area (Å²) in [4.78, 5) is 0. The summed E-state index contributed by atoms with van der Waals surface area (Å²) in [5, 5.41) is 9.52. The average molecular weight is 142 g/mol. The molecule has 2 unspecified atom stereocenters. The Bertz CT molecular complexity index is 153. The first-order valence-corrected chi connectivity index (χ1v) is 3.91. The van der Waals surface area contributed by atoms with Gasteiger partial charge in [0, 0.05) is 7.11 Å². The van der Waals surface area contributed by atoms with E-state index >= 15 is 0 Å². The van der Waals surface area contributed by atoms with Gasteiger partial charge in [-0.05, 0) is 31.6 Å². The monoisotopic (exact) mass is 142 g/mol. The first-order valence-electron chi connectivity index (χ1n) is 3.91. The predicted molar refractivity (Wildman–Crippen MR) is 37.6 cm³/mol. The Morgan fingerprint density at radius 2 is 2.20 bits per heavy atom. The molecule has 2 heteroatoms. The number of aliphatic hydroxyl groups is 1. The molecule has 10 heavy (non-hydrogen) atoms. The van der Waals surface area contributed by atoms with E-state index in [9.17, 15) is 5.11 Å². The van der Waals surface area contributed by atoms with E-state index in [1.54, 1.807) is 7.11 Å². The minimum Gasteiger partial charge on any atom is -0.390 e. The van der Waals surface area contributed by atoms with Crippen LogP contribution in [-0.2, 0) is 4.74 Å². The largest absolute Gasteiger partial charge is 0.390 e. The van der Waals surface area contributed by atoms with Gasteiger partial charge in [0.1, 0.15) is 0 Å². The van der Waals surface area contributed by atoms with Crippen molar-refractivity contribution in [3.8, 4) is 0 Å². The summed E-state index contributed by atoms with van der Waals surface area (Å²) in [7, 11) is 1.70. The van der Waals surface area contributed by atoms with Gasteiger partial charge < -0.3 is 9.84 Å². The van der Waals surface area contributed by atoms with Gasteiger partial charge in [-0.3, -0.25) is 0 Å². The van der Waals surface area contributed by atoms with E-state index in [2.05, 4.69) is 0 Å². The molecule has 0 aromatic rings. The van der Waals surface area contributed by atoms with Crippen LogP contribution in [0.4, 0.5) is 0 Å². The van der Waals surface area contributed by atoms with Crippen LogP contribution in [0.3, 0.4) is 0 Å². The van der Waals surface area contributed by atoms with Gasteiger partial charge in [-0.15, -0.1) is 0 Å². The molecule has 0 aromatic heterocycles. The molecule has 0 heterocycles. The lowest BCUT2D eigenvalue weighted by Gasteiger charge is -2.28. The Morgan fingerprint density at radius 3 is 2.50 bits per heavy atom. The summed E-state index contributed by atoms with van der Waals surface area (Å²) in [6.07, 6.45) is 2.00. The second kappa shape index (κ2) is 1.74. The van der Waals surface area contributed by atoms with Crippen LogP contribution in [0.5, 0.6) is 0 Å². The van der Waals surface area contributed by atoms with Crippen LogP contribution in [0.25, 0.3) is 0 Å². The molecule has 2 fully saturated rings. The van der Waals surface area contributed by atoms with Crippen molar-refractivity contribution in [1.82, 2.24) is 0 Å². The summed E-state index contributed by atoms with van der Waals surface area (Å²) < 4.78 is 5.31. The van der Waals surface area contributed by atoms with Crippen LogP contribution in [0.2, 0.25) is 0 Å². The fraction of sp³-hybridized carbons (Fsp3) is 1.00. The van der Waals surface area contributed by atoms with Crippen molar-refractivity contribution in [2.24, 2.45) is 11.8 Å². The van der Waals surface area contributed by atoms with Gasteiger partial charge in [-0.25, -0.2) is 0 Å². The molecule has 0 radical (unpaired) electrons. The van der Waals surface area contributed by atoms with E-state index < -0.39 is 0 Å². The number of hydrogen-bond donors (Lipinski definition) is 1. The summed E-state index contributed by atoms with van der Waals surface area (Å²) in [6, 6.07) is 0. The van der Waals surface area contributed by atoms with E-state index in [0.717, 1.165) is 12.3 Å². The summed E-state index contributed by atoms with van der Waals surface area (Å²) in [6.45, 7) is 2.02. The Kier molecular flexibility index (Phi) is 1.15. The standard InChI is InChI=1S/C8H14O2/c1-8(10-2)6-3-5(6)4-7(8)9/h5-7,9H,3-4H2,1-2H3/t5-,6-,7?,8?/m1/s1. The van der Waals surface area contributed by atoms with E-state index in [1.165, 1.54) is 6.42 Å². The third-order valence-electron chi connectivity index (χ3n) is 3.29. The molecule has 0 bridgehead atoms. The second-order valence-corrected chi connectivity index (χ2v) is 3.74. The highest BCUT2D eigenvalue weighted by atomic mass is 16.5. The third-order valence-corrected chi connectivity index (χ3v) is 3.29. The van der Waals surface area contributed by atoms with Crippen molar-refractivity contribution in [2.75, 3.05) is 7.11 Å². The van der Waals surface area contributed by atoms with Crippen LogP contribution >= 0.6 is 0 Å². The van der Waals surface area contributed by atoms with Crippen molar-refractivity contribution >= 4 is 0 Å². The minimum atomic E-state index is -0.221. The zero-order chi connectivity index (χ0) is 7.35. The van der Waals surface area contributed by atoms with Gasteiger partial charge in [-0.2, -0.15) is 0 Å². The maximum absolute atomic E-state index is 9.52. The summed E-state index contributed by atoms with van der Waals surface area (Å²) in [5.74, 6) is 1.41. The zero-order valence-corrected chi connectivity index (χ0v) is 6.50. The van der Waals surface area contributed by atoms with Crippen molar-refractivity contribution in [1.29, 1.82) is 0 Å². The number of rotatable bonds is 1. The Balaban J connectivity index is 2.17. The van der Waals surface area contributed by atoms with Crippen LogP contribution in [0.15, 0.2) is 0 Å². The number of methoxy groups -OCH3 is 1. The average Bonchev–Trinajstić information content (AvgIpc) is 2.61. The highest BCUT2D eigenvalue weighted by Gasteiger charge is 2.60. The maximum Gasteiger partial charge on any atom is 0.0939 e. The quantitative estimate of drug-likeness (QED) is 0.586. The van der Waals surface area contributed by atoms with Crippen molar-refractivity contribution < 1.29 is 9.84 Å². The predicted octanol–water partition coefficient (Wildman–Crippen LogP) is 0.792. The fourth-order valence-electron chi connectivity index (χ4n) is 2.27. The topological polar surface area (TPSA) is 29.5 Å². The van der Waals surface area contributed by atoms with Crippen molar-refractivity contribution in [3.63, 3.8) is 0 Å². The Hall–Kier alpha value is -0.0800. The molecule has 4 atom stereocenters. The first kappa shape index (κ1) is 6.62. The lowest BCUT2D eigenvalue weighted by Crippen LogP contribution is -2.39. The van der Waals surface area contributed by atoms with E-state index in [-0.39, 0.29) is 11.7 Å². The molecule has 2 aliphatic carbocycles. The van der Waals surface area contributed by atoms with E-state index in [1.807, 2.05) is 6.92 Å². The Labute approximate surface area is 61.2 Å². The number of ether oxygens (including phenoxy) is 1. The molecule has 0 aromatic carbocycles. The highest BCUT2D eigenvalue weighted by molar-refractivity contribution is 5.11. The molecule has 2 nitrogen and oxygen atoms in total. The molecular weight excluding hydrogens is 128 g/mol. The Morgan fingerprint density at radius 1 is 1.50 bits per heavy atom. The SMILES string of the molecule is COC1(C)C(O)C[C@H]2C[C@H]21. The third kappa shape index (κ3) is 0.611. The van der Waals surface area contributed by atoms with Gasteiger partial charge in [0.2, 0.25) is 0 Å². The smallest absolute Gasteiger partial charge is 0.0939 e. The van der Waals surface area contributed by atoms with E-state index in [4.69, 9.17) is 4.74 Å². The molecule has 1 N–H and O–H groups in total. The summed E-state index contributed by atoms with van der Waals surface area (Å²) in [5.41, 5.74) is -0.218. The second-order valence-electron chi connectivity index (χ2n) is 3.74. The van der Waals surface area contributed by atoms with E-state index in [0.29, 0.717) is 5.92 Å². The molecule has 0 saturated heterocycles. The number of hydrogen-bond acceptors (Lipinski definition) is 2. The van der Waals surface area contributed by atoms with Crippen LogP contribution in [-0.4, -0.2) is 23.9 Å². The molecule has 0 spiro atoms. The molecular formula is C8H14O2. The van der Waals surface area contributed by atoms with Gasteiger partial charge in [-0.1, -0.05) is 0 Å². The van der Waals surface area contributed by atoms with Crippen molar-refractivity contribution in [3.05, 3.63) is 0 Å². The lowest BCUT2D eigenvalue weighted by atomic mass is 9.97. The number of aliphatic hydroxyl groups excluding tert-OH is 1. The number of fused-ring (bicyclic) bond motifs is 1. The van der Waals surface area contributed by atoms with Gasteiger partial charge in [0.05, 0.1) is 11.7 Å².